The standard InChI is InChI=1S/C4H8ClNO3.ClH/c5-6-3(1-2-7)4(8)9;/h3,6-7H,1-2H2,(H,8,9);1H. The van der Waals surface area contributed by atoms with Crippen LogP contribution in [0.25, 0.3) is 0 Å². The topological polar surface area (TPSA) is 69.6 Å². The smallest absolute Gasteiger partial charge is 0.322 e. The molecule has 1 unspecified atom stereocenters. The first-order valence-corrected chi connectivity index (χ1v) is 2.80. The molecule has 0 aromatic carbocycles. The largest absolute Gasteiger partial charge is 0.480 e. The second-order valence-electron chi connectivity index (χ2n) is 1.51. The van der Waals surface area contributed by atoms with E-state index in [1.807, 2.05) is 4.84 Å². The molecule has 62 valence electrons. The predicted molar refractivity (Wildman–Crippen MR) is 39.4 cm³/mol. The highest BCUT2D eigenvalue weighted by Gasteiger charge is 2.13. The summed E-state index contributed by atoms with van der Waals surface area (Å²) in [5.74, 6) is -1.06. The van der Waals surface area contributed by atoms with Crippen molar-refractivity contribution in [1.82, 2.24) is 4.84 Å². The first-order valence-electron chi connectivity index (χ1n) is 2.42. The van der Waals surface area contributed by atoms with Gasteiger partial charge in [-0.2, -0.15) is 0 Å². The molecular weight excluding hydrogens is 181 g/mol. The maximum atomic E-state index is 10.1. The molecule has 0 heterocycles. The van der Waals surface area contributed by atoms with Gasteiger partial charge in [-0.3, -0.25) is 4.79 Å². The molecule has 0 aromatic rings. The van der Waals surface area contributed by atoms with Crippen molar-refractivity contribution in [2.75, 3.05) is 6.61 Å². The minimum absolute atomic E-state index is 0. The number of hydrogen-bond acceptors (Lipinski definition) is 3. The van der Waals surface area contributed by atoms with Crippen LogP contribution in [-0.2, 0) is 4.79 Å². The summed E-state index contributed by atoms with van der Waals surface area (Å²) >= 11 is 5.00. The zero-order valence-electron chi connectivity index (χ0n) is 5.08. The zero-order valence-corrected chi connectivity index (χ0v) is 6.65. The van der Waals surface area contributed by atoms with Gasteiger partial charge in [0, 0.05) is 6.61 Å². The Morgan fingerprint density at radius 3 is 2.30 bits per heavy atom. The number of carboxylic acids is 1. The lowest BCUT2D eigenvalue weighted by atomic mass is 10.2. The first-order chi connectivity index (χ1) is 4.22. The Kier molecular flexibility index (Phi) is 8.94. The molecular formula is C4H9Cl2NO3. The molecule has 0 aliphatic rings. The van der Waals surface area contributed by atoms with Crippen LogP contribution in [0.5, 0.6) is 0 Å². The van der Waals surface area contributed by atoms with Crippen molar-refractivity contribution < 1.29 is 15.0 Å². The molecule has 0 saturated heterocycles. The highest BCUT2D eigenvalue weighted by Crippen LogP contribution is 1.91. The van der Waals surface area contributed by atoms with Crippen molar-refractivity contribution in [2.24, 2.45) is 0 Å². The van der Waals surface area contributed by atoms with Gasteiger partial charge in [0.1, 0.15) is 6.04 Å². The summed E-state index contributed by atoms with van der Waals surface area (Å²) in [5.41, 5.74) is 0. The van der Waals surface area contributed by atoms with Gasteiger partial charge >= 0.3 is 5.97 Å². The highest BCUT2D eigenvalue weighted by molar-refractivity contribution is 6.14. The quantitative estimate of drug-likeness (QED) is 0.545. The number of halogens is 2. The Bertz CT molecular complexity index is 101. The normalized spacial score (nSPS) is 11.8. The van der Waals surface area contributed by atoms with Gasteiger partial charge in [0.05, 0.1) is 0 Å². The van der Waals surface area contributed by atoms with E-state index in [1.165, 1.54) is 0 Å². The number of aliphatic hydroxyl groups excluding tert-OH is 1. The lowest BCUT2D eigenvalue weighted by molar-refractivity contribution is -0.139. The zero-order chi connectivity index (χ0) is 7.28. The fraction of sp³-hybridized carbons (Fsp3) is 0.750. The van der Waals surface area contributed by atoms with E-state index in [0.29, 0.717) is 0 Å². The van der Waals surface area contributed by atoms with Crippen LogP contribution in [0, 0.1) is 0 Å². The van der Waals surface area contributed by atoms with E-state index in [4.69, 9.17) is 22.0 Å². The van der Waals surface area contributed by atoms with E-state index in [-0.39, 0.29) is 25.4 Å². The van der Waals surface area contributed by atoms with Crippen LogP contribution >= 0.6 is 24.2 Å². The molecule has 6 heteroatoms. The molecule has 0 amide bonds. The minimum atomic E-state index is -1.06. The van der Waals surface area contributed by atoms with Crippen LogP contribution in [0.1, 0.15) is 6.42 Å². The average molecular weight is 190 g/mol. The second-order valence-corrected chi connectivity index (χ2v) is 1.73. The number of carbonyl (C=O) groups is 1. The van der Waals surface area contributed by atoms with E-state index >= 15 is 0 Å². The van der Waals surface area contributed by atoms with Crippen LogP contribution in [0.4, 0.5) is 0 Å². The number of aliphatic hydroxyl groups is 1. The summed E-state index contributed by atoms with van der Waals surface area (Å²) < 4.78 is 0. The first kappa shape index (κ1) is 12.6. The minimum Gasteiger partial charge on any atom is -0.480 e. The van der Waals surface area contributed by atoms with Crippen LogP contribution in [0.3, 0.4) is 0 Å². The lowest BCUT2D eigenvalue weighted by Gasteiger charge is -2.05. The van der Waals surface area contributed by atoms with Gasteiger partial charge in [-0.05, 0) is 18.2 Å². The van der Waals surface area contributed by atoms with Gasteiger partial charge in [0.25, 0.3) is 0 Å². The van der Waals surface area contributed by atoms with Crippen molar-refractivity contribution >= 4 is 30.2 Å². The van der Waals surface area contributed by atoms with Gasteiger partial charge < -0.3 is 10.2 Å². The summed E-state index contributed by atoms with van der Waals surface area (Å²) in [5, 5.41) is 16.5. The van der Waals surface area contributed by atoms with E-state index in [1.54, 1.807) is 0 Å². The Morgan fingerprint density at radius 1 is 1.70 bits per heavy atom. The molecule has 10 heavy (non-hydrogen) atoms. The van der Waals surface area contributed by atoms with Crippen molar-refractivity contribution in [1.29, 1.82) is 0 Å². The molecule has 0 spiro atoms. The van der Waals surface area contributed by atoms with Gasteiger partial charge in [0.15, 0.2) is 0 Å². The van der Waals surface area contributed by atoms with Crippen LogP contribution in [0.2, 0.25) is 0 Å². The molecule has 0 radical (unpaired) electrons. The fourth-order valence-electron chi connectivity index (χ4n) is 0.354. The third-order valence-corrected chi connectivity index (χ3v) is 1.11. The van der Waals surface area contributed by atoms with Gasteiger partial charge in [-0.15, -0.1) is 12.4 Å². The van der Waals surface area contributed by atoms with Crippen molar-refractivity contribution in [3.05, 3.63) is 0 Å². The lowest BCUT2D eigenvalue weighted by Crippen LogP contribution is -2.31. The summed E-state index contributed by atoms with van der Waals surface area (Å²) in [6.07, 6.45) is 0.124. The molecule has 3 N–H and O–H groups in total. The van der Waals surface area contributed by atoms with Crippen LogP contribution < -0.4 is 4.84 Å². The maximum Gasteiger partial charge on any atom is 0.322 e. The molecule has 0 rings (SSSR count). The molecule has 0 saturated carbocycles. The summed E-state index contributed by atoms with van der Waals surface area (Å²) in [4.78, 5) is 12.1. The number of carboxylic acid groups (broad SMARTS) is 1. The van der Waals surface area contributed by atoms with Gasteiger partial charge in [0.2, 0.25) is 0 Å². The van der Waals surface area contributed by atoms with Crippen molar-refractivity contribution in [3.63, 3.8) is 0 Å². The van der Waals surface area contributed by atoms with Crippen LogP contribution in [-0.4, -0.2) is 28.8 Å². The monoisotopic (exact) mass is 189 g/mol. The second kappa shape index (κ2) is 7.08. The number of nitrogens with one attached hydrogen (secondary N) is 1. The summed E-state index contributed by atoms with van der Waals surface area (Å²) in [6.45, 7) is -0.184. The van der Waals surface area contributed by atoms with Crippen molar-refractivity contribution in [2.45, 2.75) is 12.5 Å². The molecule has 0 bridgehead atoms. The number of hydrogen-bond donors (Lipinski definition) is 3. The molecule has 1 atom stereocenters. The highest BCUT2D eigenvalue weighted by atomic mass is 35.5. The van der Waals surface area contributed by atoms with Crippen molar-refractivity contribution in [3.8, 4) is 0 Å². The fourth-order valence-corrected chi connectivity index (χ4v) is 0.556. The van der Waals surface area contributed by atoms with Gasteiger partial charge in [-0.1, -0.05) is 0 Å². The molecule has 0 fully saturated rings. The predicted octanol–water partition coefficient (Wildman–Crippen LogP) is -0.0128. The number of rotatable bonds is 4. The summed E-state index contributed by atoms with van der Waals surface area (Å²) in [6, 6.07) is -0.850. The third-order valence-electron chi connectivity index (χ3n) is 0.848. The Morgan fingerprint density at radius 2 is 2.20 bits per heavy atom. The Hall–Kier alpha value is -0.0300. The Labute approximate surface area is 69.7 Å². The third kappa shape index (κ3) is 4.81. The molecule has 0 aliphatic heterocycles. The molecule has 0 aromatic heterocycles. The maximum absolute atomic E-state index is 10.1. The van der Waals surface area contributed by atoms with Crippen LogP contribution in [0.15, 0.2) is 0 Å². The molecule has 0 aliphatic carbocycles. The number of aliphatic carboxylic acids is 1. The molecule has 4 nitrogen and oxygen atoms in total. The van der Waals surface area contributed by atoms with E-state index in [0.717, 1.165) is 0 Å². The van der Waals surface area contributed by atoms with E-state index in [9.17, 15) is 4.79 Å². The van der Waals surface area contributed by atoms with E-state index < -0.39 is 12.0 Å². The van der Waals surface area contributed by atoms with E-state index in [2.05, 4.69) is 0 Å². The average Bonchev–Trinajstić information content (AvgIpc) is 1.82. The Balaban J connectivity index is 0. The SMILES string of the molecule is Cl.O=C(O)C(CCO)NCl. The van der Waals surface area contributed by atoms with Gasteiger partial charge in [-0.25, -0.2) is 4.84 Å². The summed E-state index contributed by atoms with van der Waals surface area (Å²) in [7, 11) is 0.